The number of hydrogen-bond donors (Lipinski definition) is 1. The van der Waals surface area contributed by atoms with E-state index in [-0.39, 0.29) is 27.1 Å². The lowest BCUT2D eigenvalue weighted by Crippen LogP contribution is -2.31. The quantitative estimate of drug-likeness (QED) is 0.682. The lowest BCUT2D eigenvalue weighted by atomic mass is 9.84. The molecule has 1 aliphatic heterocycles. The first-order chi connectivity index (χ1) is 14.4. The number of anilines is 1. The molecule has 1 aromatic carbocycles. The van der Waals surface area contributed by atoms with Crippen LogP contribution in [0.1, 0.15) is 50.0 Å². The van der Waals surface area contributed by atoms with Crippen LogP contribution in [0.15, 0.2) is 35.4 Å². The second kappa shape index (κ2) is 9.11. The summed E-state index contributed by atoms with van der Waals surface area (Å²) in [6.45, 7) is 1.28. The number of sulfone groups is 1. The van der Waals surface area contributed by atoms with Crippen LogP contribution in [0.5, 0.6) is 0 Å². The molecule has 1 aliphatic carbocycles. The molecule has 1 saturated carbocycles. The number of carbonyl (C=O) groups excluding carboxylic acids is 1. The Labute approximate surface area is 179 Å². The number of amides is 1. The van der Waals surface area contributed by atoms with Gasteiger partial charge in [0, 0.05) is 13.2 Å². The number of carbonyl (C=O) groups is 1. The van der Waals surface area contributed by atoms with Gasteiger partial charge in [0.25, 0.3) is 0 Å². The SMILES string of the molecule is O=C(Nc1ncc(F)s1)[C@H](CC1CCOCC1)c1ccccc1S(=O)(=O)C1CCC1. The van der Waals surface area contributed by atoms with E-state index in [9.17, 15) is 17.6 Å². The summed E-state index contributed by atoms with van der Waals surface area (Å²) in [5, 5.41) is 2.00. The molecule has 1 N–H and O–H groups in total. The molecular weight excluding hydrogens is 427 g/mol. The zero-order chi connectivity index (χ0) is 21.1. The van der Waals surface area contributed by atoms with Gasteiger partial charge in [0.1, 0.15) is 0 Å². The molecule has 2 fully saturated rings. The van der Waals surface area contributed by atoms with Crippen molar-refractivity contribution in [2.45, 2.75) is 54.6 Å². The maximum Gasteiger partial charge on any atom is 0.233 e. The highest BCUT2D eigenvalue weighted by Gasteiger charge is 2.37. The molecule has 2 aliphatic rings. The lowest BCUT2D eigenvalue weighted by molar-refractivity contribution is -0.118. The van der Waals surface area contributed by atoms with Gasteiger partial charge in [-0.15, -0.1) is 0 Å². The smallest absolute Gasteiger partial charge is 0.233 e. The lowest BCUT2D eigenvalue weighted by Gasteiger charge is -2.29. The van der Waals surface area contributed by atoms with Crippen molar-refractivity contribution in [3.8, 4) is 0 Å². The highest BCUT2D eigenvalue weighted by molar-refractivity contribution is 7.92. The van der Waals surface area contributed by atoms with Crippen LogP contribution in [0, 0.1) is 11.0 Å². The maximum atomic E-state index is 13.3. The molecule has 0 bridgehead atoms. The highest BCUT2D eigenvalue weighted by atomic mass is 32.2. The Balaban J connectivity index is 1.67. The molecule has 1 saturated heterocycles. The van der Waals surface area contributed by atoms with Crippen molar-refractivity contribution in [3.63, 3.8) is 0 Å². The van der Waals surface area contributed by atoms with E-state index < -0.39 is 20.9 Å². The van der Waals surface area contributed by atoms with Crippen molar-refractivity contribution in [2.24, 2.45) is 5.92 Å². The van der Waals surface area contributed by atoms with E-state index in [0.717, 1.165) is 36.8 Å². The second-order valence-corrected chi connectivity index (χ2v) is 11.1. The van der Waals surface area contributed by atoms with Gasteiger partial charge in [-0.25, -0.2) is 13.4 Å². The molecule has 6 nitrogen and oxygen atoms in total. The molecule has 162 valence electrons. The van der Waals surface area contributed by atoms with Gasteiger partial charge in [0.15, 0.2) is 20.1 Å². The second-order valence-electron chi connectivity index (χ2n) is 7.94. The molecule has 9 heteroatoms. The largest absolute Gasteiger partial charge is 0.381 e. The standard InChI is InChI=1S/C21H25FN2O4S2/c22-19-13-23-21(29-19)24-20(25)17(12-14-8-10-28-11-9-14)16-6-1-2-7-18(16)30(26,27)15-4-3-5-15/h1-2,6-7,13-15,17H,3-5,8-12H2,(H,23,24,25)/t17-/m1/s1. The summed E-state index contributed by atoms with van der Waals surface area (Å²) in [7, 11) is -3.50. The van der Waals surface area contributed by atoms with Crippen LogP contribution >= 0.6 is 11.3 Å². The highest BCUT2D eigenvalue weighted by Crippen LogP contribution is 2.38. The molecule has 2 heterocycles. The predicted molar refractivity (Wildman–Crippen MR) is 113 cm³/mol. The van der Waals surface area contributed by atoms with Crippen molar-refractivity contribution >= 4 is 32.2 Å². The van der Waals surface area contributed by atoms with Crippen molar-refractivity contribution in [1.82, 2.24) is 4.98 Å². The summed E-state index contributed by atoms with van der Waals surface area (Å²) in [6.07, 6.45) is 5.45. The molecule has 1 aromatic heterocycles. The minimum absolute atomic E-state index is 0.175. The monoisotopic (exact) mass is 452 g/mol. The summed E-state index contributed by atoms with van der Waals surface area (Å²) in [6, 6.07) is 6.81. The molecule has 1 amide bonds. The average Bonchev–Trinajstić information content (AvgIpc) is 3.10. The number of aromatic nitrogens is 1. The van der Waals surface area contributed by atoms with Crippen LogP contribution in [0.3, 0.4) is 0 Å². The van der Waals surface area contributed by atoms with Gasteiger partial charge in [-0.1, -0.05) is 36.0 Å². The van der Waals surface area contributed by atoms with E-state index in [2.05, 4.69) is 10.3 Å². The van der Waals surface area contributed by atoms with Crippen LogP contribution < -0.4 is 5.32 Å². The minimum Gasteiger partial charge on any atom is -0.381 e. The molecule has 2 aromatic rings. The number of benzene rings is 1. The van der Waals surface area contributed by atoms with Gasteiger partial charge in [0.2, 0.25) is 5.91 Å². The van der Waals surface area contributed by atoms with Gasteiger partial charge < -0.3 is 10.1 Å². The summed E-state index contributed by atoms with van der Waals surface area (Å²) >= 11 is 0.754. The summed E-state index contributed by atoms with van der Waals surface area (Å²) in [5.41, 5.74) is 0.519. The number of halogens is 1. The Morgan fingerprint density at radius 3 is 2.60 bits per heavy atom. The number of ether oxygens (including phenoxy) is 1. The normalized spacial score (nSPS) is 19.2. The molecule has 0 radical (unpaired) electrons. The van der Waals surface area contributed by atoms with Crippen molar-refractivity contribution in [2.75, 3.05) is 18.5 Å². The zero-order valence-corrected chi connectivity index (χ0v) is 18.2. The van der Waals surface area contributed by atoms with Crippen LogP contribution in [0.4, 0.5) is 9.52 Å². The Kier molecular flexibility index (Phi) is 6.50. The molecule has 0 spiro atoms. The van der Waals surface area contributed by atoms with Gasteiger partial charge in [-0.05, 0) is 49.7 Å². The molecule has 1 atom stereocenters. The van der Waals surface area contributed by atoms with E-state index in [1.807, 2.05) is 0 Å². The third-order valence-corrected chi connectivity index (χ3v) is 9.06. The summed E-state index contributed by atoms with van der Waals surface area (Å²) < 4.78 is 45.2. The number of thiazole rings is 1. The first-order valence-corrected chi connectivity index (χ1v) is 12.6. The number of rotatable bonds is 7. The Morgan fingerprint density at radius 1 is 1.23 bits per heavy atom. The van der Waals surface area contributed by atoms with E-state index >= 15 is 0 Å². The first-order valence-electron chi connectivity index (χ1n) is 10.3. The molecule has 4 rings (SSSR count). The number of nitrogens with one attached hydrogen (secondary N) is 1. The molecular formula is C21H25FN2O4S2. The summed E-state index contributed by atoms with van der Waals surface area (Å²) in [4.78, 5) is 17.4. The third-order valence-electron chi connectivity index (χ3n) is 6.03. The van der Waals surface area contributed by atoms with Crippen LogP contribution in [0.25, 0.3) is 0 Å². The predicted octanol–water partition coefficient (Wildman–Crippen LogP) is 4.15. The van der Waals surface area contributed by atoms with Crippen molar-refractivity contribution in [1.29, 1.82) is 0 Å². The summed E-state index contributed by atoms with van der Waals surface area (Å²) in [5.74, 6) is -0.764. The van der Waals surface area contributed by atoms with Gasteiger partial charge in [-0.3, -0.25) is 4.79 Å². The molecule has 0 unspecified atom stereocenters. The zero-order valence-electron chi connectivity index (χ0n) is 16.6. The Morgan fingerprint density at radius 2 is 1.97 bits per heavy atom. The fraction of sp³-hybridized carbons (Fsp3) is 0.524. The van der Waals surface area contributed by atoms with E-state index in [1.165, 1.54) is 0 Å². The Hall–Kier alpha value is -1.84. The molecule has 30 heavy (non-hydrogen) atoms. The Bertz CT molecular complexity index is 998. The number of nitrogens with zero attached hydrogens (tertiary/aromatic N) is 1. The van der Waals surface area contributed by atoms with Crippen LogP contribution in [-0.4, -0.2) is 37.8 Å². The van der Waals surface area contributed by atoms with Crippen molar-refractivity contribution in [3.05, 3.63) is 41.2 Å². The van der Waals surface area contributed by atoms with Gasteiger partial charge in [0.05, 0.1) is 22.3 Å². The van der Waals surface area contributed by atoms with E-state index in [1.54, 1.807) is 24.3 Å². The van der Waals surface area contributed by atoms with E-state index in [0.29, 0.717) is 38.0 Å². The van der Waals surface area contributed by atoms with Crippen molar-refractivity contribution < 1.29 is 22.3 Å². The minimum atomic E-state index is -3.50. The third kappa shape index (κ3) is 4.58. The first kappa shape index (κ1) is 21.4. The fourth-order valence-corrected chi connectivity index (χ4v) is 6.75. The van der Waals surface area contributed by atoms with E-state index in [4.69, 9.17) is 4.74 Å². The van der Waals surface area contributed by atoms with Gasteiger partial charge in [-0.2, -0.15) is 4.39 Å². The number of hydrogen-bond acceptors (Lipinski definition) is 6. The fourth-order valence-electron chi connectivity index (χ4n) is 4.08. The maximum absolute atomic E-state index is 13.3. The van der Waals surface area contributed by atoms with Crippen LogP contribution in [0.2, 0.25) is 0 Å². The topological polar surface area (TPSA) is 85.4 Å². The van der Waals surface area contributed by atoms with Crippen LogP contribution in [-0.2, 0) is 19.4 Å². The average molecular weight is 453 g/mol. The van der Waals surface area contributed by atoms with Gasteiger partial charge >= 0.3 is 0 Å².